The molecule has 0 aliphatic carbocycles. The van der Waals surface area contributed by atoms with Gasteiger partial charge in [-0.1, -0.05) is 62.3 Å². The van der Waals surface area contributed by atoms with Gasteiger partial charge in [-0.05, 0) is 34.0 Å². The Kier molecular flexibility index (Phi) is 13.1. The number of H-pyrrole nitrogens is 1. The maximum atomic E-state index is 15.6. The summed E-state index contributed by atoms with van der Waals surface area (Å²) < 4.78 is 83.3. The van der Waals surface area contributed by atoms with Crippen molar-refractivity contribution in [2.45, 2.75) is 127 Å². The van der Waals surface area contributed by atoms with E-state index in [2.05, 4.69) is 24.9 Å². The first-order valence-electron chi connectivity index (χ1n) is 19.9. The molecule has 61 heavy (non-hydrogen) atoms. The van der Waals surface area contributed by atoms with Crippen molar-refractivity contribution in [2.75, 3.05) is 18.9 Å². The zero-order chi connectivity index (χ0) is 44.6. The molecule has 27 heteroatoms. The molecule has 3 fully saturated rings. The third kappa shape index (κ3) is 8.63. The molecule has 0 aromatic carbocycles. The fraction of sp³-hybridized carbons (Fsp3) is 0.676. The van der Waals surface area contributed by atoms with Crippen molar-refractivity contribution in [3.8, 4) is 0 Å². The third-order valence-electron chi connectivity index (χ3n) is 11.7. The van der Waals surface area contributed by atoms with Crippen LogP contribution in [0, 0.1) is 11.7 Å². The highest BCUT2D eigenvalue weighted by Gasteiger charge is 2.60. The minimum Gasteiger partial charge on any atom is -0.414 e. The molecule has 0 saturated carbocycles. The van der Waals surface area contributed by atoms with Crippen molar-refractivity contribution in [1.29, 1.82) is 0 Å². The van der Waals surface area contributed by atoms with E-state index in [1.54, 1.807) is 11.5 Å². The van der Waals surface area contributed by atoms with E-state index in [9.17, 15) is 23.9 Å². The fourth-order valence-corrected chi connectivity index (χ4v) is 20.8. The number of nitrogens with two attached hydrogens (primary N) is 1. The van der Waals surface area contributed by atoms with E-state index < -0.39 is 111 Å². The number of aromatic nitrogens is 7. The molecule has 4 aromatic rings. The predicted molar refractivity (Wildman–Crippen MR) is 225 cm³/mol. The predicted octanol–water partition coefficient (Wildman–Crippen LogP) is 4.77. The molecular formula is C34H53FN8O13P2SSi2. The number of phosphoric ester groups is 1. The number of imidazole rings is 1. The summed E-state index contributed by atoms with van der Waals surface area (Å²) in [7, 11) is -12.3. The van der Waals surface area contributed by atoms with E-state index in [-0.39, 0.29) is 33.6 Å². The summed E-state index contributed by atoms with van der Waals surface area (Å²) in [5, 5.41) is -0.390. The largest absolute Gasteiger partial charge is 0.472 e. The Bertz CT molecular complexity index is 2390. The average molecular weight is 951 g/mol. The second-order valence-corrected chi connectivity index (χ2v) is 29.6. The van der Waals surface area contributed by atoms with Crippen LogP contribution in [0.1, 0.15) is 74.8 Å². The van der Waals surface area contributed by atoms with Gasteiger partial charge in [0.05, 0.1) is 25.9 Å². The number of hydrogen-bond acceptors (Lipinski definition) is 17. The van der Waals surface area contributed by atoms with Crippen LogP contribution in [0.4, 0.5) is 10.2 Å². The van der Waals surface area contributed by atoms with Gasteiger partial charge >= 0.3 is 31.7 Å². The highest BCUT2D eigenvalue weighted by molar-refractivity contribution is 8.07. The van der Waals surface area contributed by atoms with Gasteiger partial charge < -0.3 is 52.4 Å². The summed E-state index contributed by atoms with van der Waals surface area (Å²) in [6.45, 7) is 11.2. The summed E-state index contributed by atoms with van der Waals surface area (Å²) in [6.07, 6.45) is -4.18. The van der Waals surface area contributed by atoms with Gasteiger partial charge in [0, 0.05) is 12.1 Å². The van der Waals surface area contributed by atoms with Gasteiger partial charge in [0.1, 0.15) is 54.0 Å². The number of nitrogen functional groups attached to an aromatic ring is 1. The Hall–Kier alpha value is -2.43. The van der Waals surface area contributed by atoms with Gasteiger partial charge in [0.25, 0.3) is 5.56 Å². The summed E-state index contributed by atoms with van der Waals surface area (Å²) in [5.41, 5.74) is 4.51. The van der Waals surface area contributed by atoms with E-state index in [1.165, 1.54) is 17.2 Å². The molecule has 2 unspecified atom stereocenters. The molecule has 3 aliphatic rings. The molecule has 7 rings (SSSR count). The van der Waals surface area contributed by atoms with Crippen LogP contribution in [0.3, 0.4) is 0 Å². The summed E-state index contributed by atoms with van der Waals surface area (Å²) >= 11 is 5.65. The quantitative estimate of drug-likeness (QED) is 0.106. The van der Waals surface area contributed by atoms with E-state index in [1.807, 2.05) is 55.4 Å². The number of nitrogens with one attached hydrogen (secondary N) is 1. The molecule has 7 heterocycles. The van der Waals surface area contributed by atoms with Crippen LogP contribution in [0.5, 0.6) is 0 Å². The molecule has 3 saturated heterocycles. The standard InChI is InChI=1S/C34H53FN8O13P2SSi2/c1-16(2)60(48,17(3)4)56-61(18(5)6,19(7)8)55-27-23-11-49-57(45,46)53-26-20(9)33(43-15-41-25-29(36)37-13-39-31(25)43)51-22(26)12-50-58(47,59)54-28(27)34(52-23)42-10-21(35)24-30(42)38-14-40-32(24)44/h10,13-20,22-23,26-28,33-34,48H,11-12H2,1-9H3,(H,45,46)(H,47,59)(H2,36,37,39)(H,38,40,44)/t20-,22-,23-,26+,27-,28-,33-,34-,58?/m1/s1. The lowest BCUT2D eigenvalue weighted by Crippen LogP contribution is -2.62. The number of phosphoric acid groups is 1. The minimum absolute atomic E-state index is 0.129. The van der Waals surface area contributed by atoms with Crippen molar-refractivity contribution in [1.82, 2.24) is 34.1 Å². The van der Waals surface area contributed by atoms with Crippen molar-refractivity contribution in [2.24, 2.45) is 5.92 Å². The van der Waals surface area contributed by atoms with Gasteiger partial charge in [0.2, 0.25) is 0 Å². The molecular weight excluding hydrogens is 898 g/mol. The number of ether oxygens (including phenoxy) is 2. The maximum Gasteiger partial charge on any atom is 0.472 e. The van der Waals surface area contributed by atoms with Gasteiger partial charge in [0.15, 0.2) is 29.2 Å². The van der Waals surface area contributed by atoms with Crippen LogP contribution < -0.4 is 11.3 Å². The van der Waals surface area contributed by atoms with E-state index >= 15 is 4.39 Å². The number of nitrogens with zero attached hydrogens (tertiary/aromatic N) is 6. The molecule has 21 nitrogen and oxygen atoms in total. The average Bonchev–Trinajstić information content (AvgIpc) is 3.92. The molecule has 2 bridgehead atoms. The monoisotopic (exact) mass is 950 g/mol. The first-order chi connectivity index (χ1) is 28.5. The van der Waals surface area contributed by atoms with Gasteiger partial charge in [-0.15, -0.1) is 0 Å². The normalized spacial score (nSPS) is 32.0. The topological polar surface area (TPSA) is 272 Å². The number of anilines is 1. The van der Waals surface area contributed by atoms with Crippen molar-refractivity contribution in [3.05, 3.63) is 41.3 Å². The highest BCUT2D eigenvalue weighted by Crippen LogP contribution is 2.56. The molecule has 338 valence electrons. The van der Waals surface area contributed by atoms with Crippen molar-refractivity contribution >= 4 is 71.5 Å². The van der Waals surface area contributed by atoms with E-state index in [0.29, 0.717) is 11.2 Å². The second-order valence-electron chi connectivity index (χ2n) is 16.8. The highest BCUT2D eigenvalue weighted by atomic mass is 32.5. The van der Waals surface area contributed by atoms with Gasteiger partial charge in [-0.3, -0.25) is 22.9 Å². The zero-order valence-electron chi connectivity index (χ0n) is 35.0. The third-order valence-corrected chi connectivity index (χ3v) is 24.0. The Labute approximate surface area is 357 Å². The van der Waals surface area contributed by atoms with Crippen LogP contribution in [0.15, 0.2) is 30.0 Å². The smallest absolute Gasteiger partial charge is 0.414 e. The molecule has 10 atom stereocenters. The van der Waals surface area contributed by atoms with Gasteiger partial charge in [-0.2, -0.15) is 0 Å². The number of rotatable bonds is 10. The number of halogens is 1. The van der Waals surface area contributed by atoms with Crippen LogP contribution in [-0.4, -0.2) is 109 Å². The molecule has 0 radical (unpaired) electrons. The Morgan fingerprint density at radius 3 is 2.23 bits per heavy atom. The first-order valence-corrected chi connectivity index (χ1v) is 28.0. The Morgan fingerprint density at radius 2 is 1.57 bits per heavy atom. The maximum absolute atomic E-state index is 15.6. The second kappa shape index (κ2) is 17.2. The van der Waals surface area contributed by atoms with Crippen LogP contribution in [0.2, 0.25) is 22.2 Å². The summed E-state index contributed by atoms with van der Waals surface area (Å²) in [5.74, 6) is -1.51. The van der Waals surface area contributed by atoms with Crippen LogP contribution in [-0.2, 0) is 52.5 Å². The molecule has 3 aliphatic heterocycles. The van der Waals surface area contributed by atoms with Crippen molar-refractivity contribution < 1.29 is 59.6 Å². The Balaban J connectivity index is 1.32. The molecule has 6 N–H and O–H groups in total. The Morgan fingerprint density at radius 1 is 0.918 bits per heavy atom. The first kappa shape index (κ1) is 46.6. The van der Waals surface area contributed by atoms with Crippen molar-refractivity contribution in [3.63, 3.8) is 0 Å². The fourth-order valence-electron chi connectivity index (χ4n) is 8.39. The molecule has 0 amide bonds. The molecule has 0 spiro atoms. The van der Waals surface area contributed by atoms with Gasteiger partial charge in [-0.25, -0.2) is 28.9 Å². The lowest BCUT2D eigenvalue weighted by molar-refractivity contribution is -0.0635. The van der Waals surface area contributed by atoms with E-state index in [0.717, 1.165) is 12.5 Å². The SMILES string of the molecule is CC(C)[Si](O)(O[Si](O[C@H]1[C@H]2OP(O)(=S)OC[C@H]3O[C@@H](n4cnc5c(N)ncnc54)[C@H](C)[C@@H]3OP(=O)(O)OC[C@H]1O[C@H]2n1cc(F)c2c(=O)[nH]cnc21)(C(C)C)C(C)C)C(C)C. The summed E-state index contributed by atoms with van der Waals surface area (Å²) in [4.78, 5) is 67.5. The lowest BCUT2D eigenvalue weighted by atomic mass is 10.0. The summed E-state index contributed by atoms with van der Waals surface area (Å²) in [6, 6.07) is 0. The zero-order valence-corrected chi connectivity index (χ0v) is 39.6. The lowest BCUT2D eigenvalue weighted by Gasteiger charge is -2.47. The van der Waals surface area contributed by atoms with Crippen LogP contribution in [0.25, 0.3) is 22.2 Å². The number of fused-ring (bicyclic) bond motifs is 5. The minimum atomic E-state index is -5.03. The number of aromatic amines is 1. The number of hydrogen-bond donors (Lipinski definition) is 5. The van der Waals surface area contributed by atoms with Crippen LogP contribution >= 0.6 is 14.5 Å². The van der Waals surface area contributed by atoms with E-state index in [4.69, 9.17) is 53.7 Å². The molecule has 4 aromatic heterocycles.